The van der Waals surface area contributed by atoms with Gasteiger partial charge in [-0.3, -0.25) is 4.90 Å². The molecule has 1 aromatic rings. The van der Waals surface area contributed by atoms with Gasteiger partial charge in [-0.1, -0.05) is 24.6 Å². The maximum Gasteiger partial charge on any atom is 0.244 e. The molecule has 21 heavy (non-hydrogen) atoms. The zero-order valence-electron chi connectivity index (χ0n) is 12.4. The molecule has 0 spiro atoms. The van der Waals surface area contributed by atoms with Crippen LogP contribution in [0.2, 0.25) is 5.02 Å². The molecule has 1 aliphatic rings. The normalized spacial score (nSPS) is 21.6. The minimum atomic E-state index is -3.55. The average molecular weight is 332 g/mol. The standard InChI is InChI=1S/C14H22ClN3O2S/c1-3-17-6-7-18(10-11(17)2)21(19,20)14-5-4-12(9-16)8-13(14)15/h4-5,8,11H,3,6-7,9-10,16H2,1-2H3. The average Bonchev–Trinajstić information content (AvgIpc) is 2.46. The predicted octanol–water partition coefficient (Wildman–Crippen LogP) is 1.51. The van der Waals surface area contributed by atoms with E-state index >= 15 is 0 Å². The Morgan fingerprint density at radius 2 is 2.10 bits per heavy atom. The van der Waals surface area contributed by atoms with Gasteiger partial charge in [0.05, 0.1) is 5.02 Å². The number of hydrogen-bond donors (Lipinski definition) is 1. The van der Waals surface area contributed by atoms with Gasteiger partial charge in [-0.2, -0.15) is 4.31 Å². The van der Waals surface area contributed by atoms with Gasteiger partial charge < -0.3 is 5.73 Å². The minimum absolute atomic E-state index is 0.165. The van der Waals surface area contributed by atoms with E-state index < -0.39 is 10.0 Å². The van der Waals surface area contributed by atoms with E-state index in [4.69, 9.17) is 17.3 Å². The largest absolute Gasteiger partial charge is 0.326 e. The van der Waals surface area contributed by atoms with Crippen LogP contribution < -0.4 is 5.73 Å². The summed E-state index contributed by atoms with van der Waals surface area (Å²) in [5.41, 5.74) is 6.37. The summed E-state index contributed by atoms with van der Waals surface area (Å²) in [6.07, 6.45) is 0. The van der Waals surface area contributed by atoms with E-state index in [0.717, 1.165) is 18.7 Å². The molecule has 0 aromatic heterocycles. The lowest BCUT2D eigenvalue weighted by atomic mass is 10.2. The zero-order valence-corrected chi connectivity index (χ0v) is 14.0. The summed E-state index contributed by atoms with van der Waals surface area (Å²) in [7, 11) is -3.55. The zero-order chi connectivity index (χ0) is 15.6. The van der Waals surface area contributed by atoms with Gasteiger partial charge in [-0.05, 0) is 31.2 Å². The molecular formula is C14H22ClN3O2S. The van der Waals surface area contributed by atoms with Crippen molar-refractivity contribution in [2.45, 2.75) is 31.3 Å². The number of nitrogens with zero attached hydrogens (tertiary/aromatic N) is 2. The first kappa shape index (κ1) is 16.7. The highest BCUT2D eigenvalue weighted by Gasteiger charge is 2.32. The second kappa shape index (κ2) is 6.62. The van der Waals surface area contributed by atoms with Crippen LogP contribution in [0.4, 0.5) is 0 Å². The number of likely N-dealkylation sites (N-methyl/N-ethyl adjacent to an activating group) is 1. The summed E-state index contributed by atoms with van der Waals surface area (Å²) in [5, 5.41) is 0.239. The van der Waals surface area contributed by atoms with E-state index in [9.17, 15) is 8.42 Å². The number of sulfonamides is 1. The van der Waals surface area contributed by atoms with Gasteiger partial charge in [0.15, 0.2) is 0 Å². The van der Waals surface area contributed by atoms with Crippen molar-refractivity contribution in [3.8, 4) is 0 Å². The Kier molecular flexibility index (Phi) is 5.27. The summed E-state index contributed by atoms with van der Waals surface area (Å²) < 4.78 is 27.0. The highest BCUT2D eigenvalue weighted by atomic mass is 35.5. The molecule has 1 aromatic carbocycles. The van der Waals surface area contributed by atoms with E-state index in [0.29, 0.717) is 19.6 Å². The van der Waals surface area contributed by atoms with E-state index in [1.165, 1.54) is 4.31 Å². The Morgan fingerprint density at radius 1 is 1.38 bits per heavy atom. The Balaban J connectivity index is 2.27. The molecular weight excluding hydrogens is 310 g/mol. The third-order valence-electron chi connectivity index (χ3n) is 3.98. The highest BCUT2D eigenvalue weighted by Crippen LogP contribution is 2.27. The van der Waals surface area contributed by atoms with Crippen molar-refractivity contribution < 1.29 is 8.42 Å². The van der Waals surface area contributed by atoms with Gasteiger partial charge in [0, 0.05) is 32.2 Å². The Hall–Kier alpha value is -0.660. The van der Waals surface area contributed by atoms with E-state index in [1.54, 1.807) is 18.2 Å². The van der Waals surface area contributed by atoms with E-state index in [2.05, 4.69) is 11.8 Å². The van der Waals surface area contributed by atoms with Crippen molar-refractivity contribution in [1.29, 1.82) is 0 Å². The third kappa shape index (κ3) is 3.40. The molecule has 0 bridgehead atoms. The number of nitrogens with two attached hydrogens (primary N) is 1. The molecule has 7 heteroatoms. The van der Waals surface area contributed by atoms with Crippen molar-refractivity contribution >= 4 is 21.6 Å². The fourth-order valence-corrected chi connectivity index (χ4v) is 4.72. The summed E-state index contributed by atoms with van der Waals surface area (Å²) in [4.78, 5) is 2.43. The lowest BCUT2D eigenvalue weighted by molar-refractivity contribution is 0.135. The SMILES string of the molecule is CCN1CCN(S(=O)(=O)c2ccc(CN)cc2Cl)CC1C. The molecule has 1 unspecified atom stereocenters. The second-order valence-electron chi connectivity index (χ2n) is 5.31. The molecule has 0 amide bonds. The number of rotatable bonds is 4. The number of piperazine rings is 1. The van der Waals surface area contributed by atoms with Gasteiger partial charge in [0.2, 0.25) is 10.0 Å². The van der Waals surface area contributed by atoms with Crippen molar-refractivity contribution in [2.24, 2.45) is 5.73 Å². The maximum atomic E-state index is 12.7. The predicted molar refractivity (Wildman–Crippen MR) is 84.8 cm³/mol. The summed E-state index contributed by atoms with van der Waals surface area (Å²) >= 11 is 6.13. The molecule has 0 radical (unpaired) electrons. The highest BCUT2D eigenvalue weighted by molar-refractivity contribution is 7.89. The van der Waals surface area contributed by atoms with Crippen LogP contribution in [0.3, 0.4) is 0 Å². The molecule has 0 aliphatic carbocycles. The quantitative estimate of drug-likeness (QED) is 0.908. The van der Waals surface area contributed by atoms with Gasteiger partial charge in [-0.25, -0.2) is 8.42 Å². The first-order valence-electron chi connectivity index (χ1n) is 7.12. The molecule has 2 N–H and O–H groups in total. The Labute approximate surface area is 131 Å². The Morgan fingerprint density at radius 3 is 2.62 bits per heavy atom. The number of hydrogen-bond acceptors (Lipinski definition) is 4. The van der Waals surface area contributed by atoms with Crippen LogP contribution in [0.1, 0.15) is 19.4 Å². The molecule has 0 saturated carbocycles. The van der Waals surface area contributed by atoms with Crippen LogP contribution in [-0.2, 0) is 16.6 Å². The summed E-state index contributed by atoms with van der Waals surface area (Å²) in [6, 6.07) is 5.10. The first-order chi connectivity index (χ1) is 9.90. The van der Waals surface area contributed by atoms with Crippen LogP contribution in [-0.4, -0.2) is 49.8 Å². The van der Waals surface area contributed by atoms with Crippen molar-refractivity contribution in [1.82, 2.24) is 9.21 Å². The lowest BCUT2D eigenvalue weighted by Crippen LogP contribution is -2.53. The van der Waals surface area contributed by atoms with Gasteiger partial charge in [-0.15, -0.1) is 0 Å². The molecule has 1 atom stereocenters. The topological polar surface area (TPSA) is 66.6 Å². The van der Waals surface area contributed by atoms with Crippen LogP contribution in [0.15, 0.2) is 23.1 Å². The van der Waals surface area contributed by atoms with Gasteiger partial charge in [0.1, 0.15) is 4.90 Å². The van der Waals surface area contributed by atoms with E-state index in [1.807, 2.05) is 6.92 Å². The minimum Gasteiger partial charge on any atom is -0.326 e. The molecule has 2 rings (SSSR count). The van der Waals surface area contributed by atoms with Gasteiger partial charge >= 0.3 is 0 Å². The molecule has 1 aliphatic heterocycles. The van der Waals surface area contributed by atoms with Crippen molar-refractivity contribution in [2.75, 3.05) is 26.2 Å². The summed E-state index contributed by atoms with van der Waals surface area (Å²) in [6.45, 7) is 7.14. The fraction of sp³-hybridized carbons (Fsp3) is 0.571. The van der Waals surface area contributed by atoms with E-state index in [-0.39, 0.29) is 16.0 Å². The summed E-state index contributed by atoms with van der Waals surface area (Å²) in [5.74, 6) is 0. The number of benzene rings is 1. The van der Waals surface area contributed by atoms with Crippen LogP contribution >= 0.6 is 11.6 Å². The first-order valence-corrected chi connectivity index (χ1v) is 8.94. The van der Waals surface area contributed by atoms with Crippen molar-refractivity contribution in [3.05, 3.63) is 28.8 Å². The lowest BCUT2D eigenvalue weighted by Gasteiger charge is -2.38. The second-order valence-corrected chi connectivity index (χ2v) is 7.62. The smallest absolute Gasteiger partial charge is 0.244 e. The molecule has 1 fully saturated rings. The fourth-order valence-electron chi connectivity index (χ4n) is 2.67. The van der Waals surface area contributed by atoms with Crippen LogP contribution in [0.25, 0.3) is 0 Å². The van der Waals surface area contributed by atoms with Gasteiger partial charge in [0.25, 0.3) is 0 Å². The molecule has 1 saturated heterocycles. The molecule has 1 heterocycles. The van der Waals surface area contributed by atoms with Crippen LogP contribution in [0.5, 0.6) is 0 Å². The maximum absolute atomic E-state index is 12.7. The molecule has 118 valence electrons. The Bertz CT molecular complexity index is 606. The monoisotopic (exact) mass is 331 g/mol. The molecule has 5 nitrogen and oxygen atoms in total. The van der Waals surface area contributed by atoms with Crippen LogP contribution in [0, 0.1) is 0 Å². The van der Waals surface area contributed by atoms with Crippen molar-refractivity contribution in [3.63, 3.8) is 0 Å². The number of halogens is 1. The third-order valence-corrected chi connectivity index (χ3v) is 6.33.